The van der Waals surface area contributed by atoms with Crippen LogP contribution < -0.4 is 9.64 Å². The molecule has 7 nitrogen and oxygen atoms in total. The number of ether oxygens (including phenoxy) is 1. The Kier molecular flexibility index (Phi) is 6.95. The second kappa shape index (κ2) is 10.0. The molecule has 168 valence electrons. The van der Waals surface area contributed by atoms with Gasteiger partial charge in [0.1, 0.15) is 12.1 Å². The number of hydrogen-bond donors (Lipinski definition) is 0. The van der Waals surface area contributed by atoms with E-state index in [1.165, 1.54) is 5.56 Å². The average molecular weight is 433 g/mol. The summed E-state index contributed by atoms with van der Waals surface area (Å²) in [5.41, 5.74) is 4.29. The fourth-order valence-electron chi connectivity index (χ4n) is 4.04. The van der Waals surface area contributed by atoms with Crippen molar-refractivity contribution in [2.45, 2.75) is 32.7 Å². The van der Waals surface area contributed by atoms with Crippen molar-refractivity contribution in [3.8, 4) is 16.9 Å². The number of aromatic nitrogens is 4. The lowest BCUT2D eigenvalue weighted by atomic mass is 9.97. The van der Waals surface area contributed by atoms with Gasteiger partial charge < -0.3 is 9.64 Å². The van der Waals surface area contributed by atoms with E-state index in [-0.39, 0.29) is 0 Å². The van der Waals surface area contributed by atoms with Crippen LogP contribution in [0.5, 0.6) is 5.75 Å². The summed E-state index contributed by atoms with van der Waals surface area (Å²) in [6, 6.07) is 8.38. The highest BCUT2D eigenvalue weighted by atomic mass is 16.5. The molecule has 1 saturated heterocycles. The zero-order chi connectivity index (χ0) is 22.5. The third-order valence-corrected chi connectivity index (χ3v) is 5.67. The van der Waals surface area contributed by atoms with Crippen molar-refractivity contribution in [1.29, 1.82) is 0 Å². The average Bonchev–Trinajstić information content (AvgIpc) is 3.27. The van der Waals surface area contributed by atoms with Crippen LogP contribution in [-0.2, 0) is 6.54 Å². The topological polar surface area (TPSA) is 67.3 Å². The van der Waals surface area contributed by atoms with E-state index in [0.29, 0.717) is 11.8 Å². The summed E-state index contributed by atoms with van der Waals surface area (Å²) in [4.78, 5) is 22.3. The van der Waals surface area contributed by atoms with Crippen LogP contribution in [0.4, 0.5) is 5.95 Å². The summed E-state index contributed by atoms with van der Waals surface area (Å²) < 4.78 is 6.07. The fraction of sp³-hybridized carbons (Fsp3) is 0.440. The van der Waals surface area contributed by atoms with Gasteiger partial charge in [0.15, 0.2) is 0 Å². The minimum absolute atomic E-state index is 0.329. The number of anilines is 1. The van der Waals surface area contributed by atoms with E-state index in [9.17, 15) is 0 Å². The minimum atomic E-state index is 0.329. The SMILES string of the molecule is CC(C)COc1ccccc1CN1CCC(c2nc(N(C)C)ncc2-c2cncnc2)C1. The third kappa shape index (κ3) is 5.22. The first-order valence-electron chi connectivity index (χ1n) is 11.2. The Morgan fingerprint density at radius 1 is 1.12 bits per heavy atom. The molecule has 3 aromatic rings. The van der Waals surface area contributed by atoms with Gasteiger partial charge in [-0.3, -0.25) is 4.90 Å². The summed E-state index contributed by atoms with van der Waals surface area (Å²) in [5, 5.41) is 0. The van der Waals surface area contributed by atoms with Gasteiger partial charge in [0.2, 0.25) is 5.95 Å². The molecule has 1 aliphatic heterocycles. The van der Waals surface area contributed by atoms with Gasteiger partial charge in [-0.2, -0.15) is 0 Å². The number of nitrogens with zero attached hydrogens (tertiary/aromatic N) is 6. The smallest absolute Gasteiger partial charge is 0.225 e. The van der Waals surface area contributed by atoms with Gasteiger partial charge in [0, 0.05) is 68.4 Å². The van der Waals surface area contributed by atoms with Crippen LogP contribution in [0.1, 0.15) is 37.4 Å². The largest absolute Gasteiger partial charge is 0.493 e. The number of hydrogen-bond acceptors (Lipinski definition) is 7. The molecule has 1 unspecified atom stereocenters. The van der Waals surface area contributed by atoms with Gasteiger partial charge in [-0.25, -0.2) is 19.9 Å². The standard InChI is InChI=1S/C25H32N6O/c1-18(2)16-32-23-8-6-5-7-19(23)14-31-10-9-20(15-31)24-22(21-11-26-17-27-12-21)13-28-25(29-24)30(3)4/h5-8,11-13,17-18,20H,9-10,14-16H2,1-4H3. The molecule has 0 aliphatic carbocycles. The van der Waals surface area contributed by atoms with Gasteiger partial charge in [-0.1, -0.05) is 32.0 Å². The first kappa shape index (κ1) is 22.1. The highest BCUT2D eigenvalue weighted by molar-refractivity contribution is 5.65. The van der Waals surface area contributed by atoms with Crippen molar-refractivity contribution in [3.05, 3.63) is 60.4 Å². The molecule has 0 saturated carbocycles. The highest BCUT2D eigenvalue weighted by Crippen LogP contribution is 2.34. The normalized spacial score (nSPS) is 16.5. The van der Waals surface area contributed by atoms with Crippen molar-refractivity contribution >= 4 is 5.95 Å². The Morgan fingerprint density at radius 2 is 1.91 bits per heavy atom. The Hall–Kier alpha value is -3.06. The molecule has 1 atom stereocenters. The zero-order valence-corrected chi connectivity index (χ0v) is 19.4. The number of likely N-dealkylation sites (tertiary alicyclic amines) is 1. The van der Waals surface area contributed by atoms with Crippen LogP contribution in [0, 0.1) is 5.92 Å². The Bertz CT molecular complexity index is 1020. The lowest BCUT2D eigenvalue weighted by Gasteiger charge is -2.20. The maximum absolute atomic E-state index is 6.07. The van der Waals surface area contributed by atoms with Crippen LogP contribution in [0.15, 0.2) is 49.2 Å². The van der Waals surface area contributed by atoms with Crippen molar-refractivity contribution in [1.82, 2.24) is 24.8 Å². The predicted octanol–water partition coefficient (Wildman–Crippen LogP) is 4.02. The van der Waals surface area contributed by atoms with E-state index in [2.05, 4.69) is 51.9 Å². The fourth-order valence-corrected chi connectivity index (χ4v) is 4.04. The molecule has 7 heteroatoms. The molecule has 1 aliphatic rings. The van der Waals surface area contributed by atoms with Crippen LogP contribution >= 0.6 is 0 Å². The van der Waals surface area contributed by atoms with E-state index in [1.54, 1.807) is 6.33 Å². The molecular formula is C25H32N6O. The van der Waals surface area contributed by atoms with Crippen LogP contribution in [0.3, 0.4) is 0 Å². The second-order valence-electron chi connectivity index (χ2n) is 9.02. The molecule has 0 amide bonds. The lowest BCUT2D eigenvalue weighted by molar-refractivity contribution is 0.260. The van der Waals surface area contributed by atoms with Crippen LogP contribution in [0.2, 0.25) is 0 Å². The quantitative estimate of drug-likeness (QED) is 0.532. The maximum atomic E-state index is 6.07. The van der Waals surface area contributed by atoms with Crippen LogP contribution in [0.25, 0.3) is 11.1 Å². The lowest BCUT2D eigenvalue weighted by Crippen LogP contribution is -2.21. The van der Waals surface area contributed by atoms with Crippen molar-refractivity contribution < 1.29 is 4.74 Å². The summed E-state index contributed by atoms with van der Waals surface area (Å²) in [6.07, 6.45) is 8.18. The Balaban J connectivity index is 1.54. The molecule has 0 spiro atoms. The summed E-state index contributed by atoms with van der Waals surface area (Å²) in [6.45, 7) is 7.92. The van der Waals surface area contributed by atoms with Gasteiger partial charge in [-0.15, -0.1) is 0 Å². The Labute approximate surface area is 190 Å². The van der Waals surface area contributed by atoms with E-state index < -0.39 is 0 Å². The first-order chi connectivity index (χ1) is 15.5. The monoisotopic (exact) mass is 432 g/mol. The van der Waals surface area contributed by atoms with Gasteiger partial charge in [0.05, 0.1) is 12.3 Å². The first-order valence-corrected chi connectivity index (χ1v) is 11.2. The molecule has 3 heterocycles. The van der Waals surface area contributed by atoms with Crippen molar-refractivity contribution in [2.75, 3.05) is 38.7 Å². The van der Waals surface area contributed by atoms with E-state index in [0.717, 1.165) is 61.2 Å². The summed E-state index contributed by atoms with van der Waals surface area (Å²) in [7, 11) is 3.94. The summed E-state index contributed by atoms with van der Waals surface area (Å²) >= 11 is 0. The molecule has 1 aromatic carbocycles. The van der Waals surface area contributed by atoms with Crippen molar-refractivity contribution in [2.24, 2.45) is 5.92 Å². The van der Waals surface area contributed by atoms with Gasteiger partial charge >= 0.3 is 0 Å². The number of para-hydroxylation sites is 1. The number of benzene rings is 1. The molecule has 4 rings (SSSR count). The molecule has 0 N–H and O–H groups in total. The second-order valence-corrected chi connectivity index (χ2v) is 9.02. The Morgan fingerprint density at radius 3 is 2.66 bits per heavy atom. The number of rotatable bonds is 8. The molecular weight excluding hydrogens is 400 g/mol. The van der Waals surface area contributed by atoms with Crippen molar-refractivity contribution in [3.63, 3.8) is 0 Å². The highest BCUT2D eigenvalue weighted by Gasteiger charge is 2.28. The van der Waals surface area contributed by atoms with E-state index in [1.807, 2.05) is 43.7 Å². The minimum Gasteiger partial charge on any atom is -0.493 e. The molecule has 0 radical (unpaired) electrons. The van der Waals surface area contributed by atoms with E-state index in [4.69, 9.17) is 9.72 Å². The van der Waals surface area contributed by atoms with Gasteiger partial charge in [0.25, 0.3) is 0 Å². The van der Waals surface area contributed by atoms with Gasteiger partial charge in [-0.05, 0) is 24.9 Å². The molecule has 0 bridgehead atoms. The maximum Gasteiger partial charge on any atom is 0.225 e. The van der Waals surface area contributed by atoms with Crippen LogP contribution in [-0.4, -0.2) is 58.6 Å². The molecule has 2 aromatic heterocycles. The van der Waals surface area contributed by atoms with E-state index >= 15 is 0 Å². The molecule has 32 heavy (non-hydrogen) atoms. The predicted molar refractivity (Wildman–Crippen MR) is 127 cm³/mol. The zero-order valence-electron chi connectivity index (χ0n) is 19.4. The summed E-state index contributed by atoms with van der Waals surface area (Å²) in [5.74, 6) is 2.55. The third-order valence-electron chi connectivity index (χ3n) is 5.67. The molecule has 1 fully saturated rings.